The van der Waals surface area contributed by atoms with Gasteiger partial charge in [-0.2, -0.15) is 0 Å². The quantitative estimate of drug-likeness (QED) is 0.348. The molecule has 9 heteroatoms. The van der Waals surface area contributed by atoms with Crippen LogP contribution in [0.4, 0.5) is 11.4 Å². The Morgan fingerprint density at radius 1 is 1.20 bits per heavy atom. The van der Waals surface area contributed by atoms with E-state index < -0.39 is 4.92 Å². The van der Waals surface area contributed by atoms with Crippen LogP contribution in [-0.4, -0.2) is 67.8 Å². The van der Waals surface area contributed by atoms with Crippen molar-refractivity contribution in [3.05, 3.63) is 33.3 Å². The summed E-state index contributed by atoms with van der Waals surface area (Å²) in [6.45, 7) is 6.88. The zero-order chi connectivity index (χ0) is 21.5. The molecule has 0 amide bonds. The number of carbonyl (C=O) groups excluding carboxylic acids is 1. The fourth-order valence-electron chi connectivity index (χ4n) is 4.09. The average Bonchev–Trinajstić information content (AvgIpc) is 2.73. The van der Waals surface area contributed by atoms with Gasteiger partial charge in [0.2, 0.25) is 0 Å². The molecule has 30 heavy (non-hydrogen) atoms. The molecule has 0 aliphatic carbocycles. The van der Waals surface area contributed by atoms with Crippen LogP contribution >= 0.6 is 11.6 Å². The van der Waals surface area contributed by atoms with Gasteiger partial charge in [-0.25, -0.2) is 0 Å². The van der Waals surface area contributed by atoms with Crippen LogP contribution in [0.25, 0.3) is 0 Å². The summed E-state index contributed by atoms with van der Waals surface area (Å²) in [6.07, 6.45) is 4.20. The first-order chi connectivity index (χ1) is 14.5. The Morgan fingerprint density at radius 3 is 2.50 bits per heavy atom. The van der Waals surface area contributed by atoms with Gasteiger partial charge < -0.3 is 14.4 Å². The number of hydrogen-bond donors (Lipinski definition) is 0. The van der Waals surface area contributed by atoms with E-state index in [-0.39, 0.29) is 22.8 Å². The summed E-state index contributed by atoms with van der Waals surface area (Å²) in [5.74, 6) is 0.366. The van der Waals surface area contributed by atoms with Crippen LogP contribution in [0.1, 0.15) is 32.6 Å². The first kappa shape index (κ1) is 22.8. The highest BCUT2D eigenvalue weighted by atomic mass is 35.5. The van der Waals surface area contributed by atoms with Gasteiger partial charge in [-0.3, -0.25) is 19.8 Å². The molecule has 1 aromatic rings. The molecule has 0 radical (unpaired) electrons. The second kappa shape index (κ2) is 10.9. The van der Waals surface area contributed by atoms with Gasteiger partial charge in [-0.15, -0.1) is 0 Å². The van der Waals surface area contributed by atoms with Gasteiger partial charge in [-0.1, -0.05) is 11.6 Å². The number of nitro benzene ring substituents is 1. The molecule has 0 N–H and O–H groups in total. The van der Waals surface area contributed by atoms with Gasteiger partial charge in [0.25, 0.3) is 5.69 Å². The van der Waals surface area contributed by atoms with Crippen molar-refractivity contribution in [3.63, 3.8) is 0 Å². The van der Waals surface area contributed by atoms with E-state index in [1.165, 1.54) is 6.07 Å². The SMILES string of the molecule is CCOC(=O)CN1CCC(OCC2CCN(c3ccc([N+](=O)[O-])c(Cl)c3)CC2)CC1. The Morgan fingerprint density at radius 2 is 1.90 bits per heavy atom. The van der Waals surface area contributed by atoms with Crippen molar-refractivity contribution in [1.82, 2.24) is 4.90 Å². The van der Waals surface area contributed by atoms with Crippen molar-refractivity contribution in [2.24, 2.45) is 5.92 Å². The molecule has 0 bridgehead atoms. The molecular formula is C21H30ClN3O5. The number of rotatable bonds is 8. The highest BCUT2D eigenvalue weighted by Crippen LogP contribution is 2.31. The molecule has 2 aliphatic heterocycles. The number of anilines is 1. The molecule has 8 nitrogen and oxygen atoms in total. The van der Waals surface area contributed by atoms with Gasteiger partial charge >= 0.3 is 5.97 Å². The molecule has 166 valence electrons. The van der Waals surface area contributed by atoms with Crippen LogP contribution in [0.3, 0.4) is 0 Å². The van der Waals surface area contributed by atoms with Crippen LogP contribution < -0.4 is 4.90 Å². The topological polar surface area (TPSA) is 85.1 Å². The van der Waals surface area contributed by atoms with E-state index in [0.717, 1.165) is 64.2 Å². The van der Waals surface area contributed by atoms with Gasteiger partial charge in [-0.05, 0) is 50.7 Å². The minimum atomic E-state index is -0.461. The van der Waals surface area contributed by atoms with E-state index in [0.29, 0.717) is 19.1 Å². The highest BCUT2D eigenvalue weighted by Gasteiger charge is 2.25. The summed E-state index contributed by atoms with van der Waals surface area (Å²) >= 11 is 6.04. The summed E-state index contributed by atoms with van der Waals surface area (Å²) in [7, 11) is 0. The standard InChI is InChI=1S/C21H30ClN3O5/c1-2-29-21(26)14-23-9-7-18(8-10-23)30-15-16-5-11-24(12-6-16)17-3-4-20(25(27)28)19(22)13-17/h3-4,13,16,18H,2,5-12,14-15H2,1H3. The van der Waals surface area contributed by atoms with Crippen LogP contribution in [-0.2, 0) is 14.3 Å². The molecule has 3 rings (SSSR count). The molecule has 0 atom stereocenters. The van der Waals surface area contributed by atoms with E-state index >= 15 is 0 Å². The predicted molar refractivity (Wildman–Crippen MR) is 115 cm³/mol. The molecular weight excluding hydrogens is 410 g/mol. The Hall–Kier alpha value is -1.90. The van der Waals surface area contributed by atoms with Crippen molar-refractivity contribution >= 4 is 28.9 Å². The Kier molecular flexibility index (Phi) is 8.30. The first-order valence-corrected chi connectivity index (χ1v) is 11.0. The van der Waals surface area contributed by atoms with E-state index in [1.807, 2.05) is 6.92 Å². The number of nitro groups is 1. The molecule has 2 saturated heterocycles. The maximum Gasteiger partial charge on any atom is 0.320 e. The first-order valence-electron chi connectivity index (χ1n) is 10.6. The smallest absolute Gasteiger partial charge is 0.320 e. The Bertz CT molecular complexity index is 731. The predicted octanol–water partition coefficient (Wildman–Crippen LogP) is 3.51. The highest BCUT2D eigenvalue weighted by molar-refractivity contribution is 6.32. The number of halogens is 1. The number of likely N-dealkylation sites (tertiary alicyclic amines) is 1. The number of hydrogen-bond acceptors (Lipinski definition) is 7. The number of carbonyl (C=O) groups is 1. The third-order valence-corrected chi connectivity index (χ3v) is 6.17. The van der Waals surface area contributed by atoms with Crippen molar-refractivity contribution in [1.29, 1.82) is 0 Å². The minimum Gasteiger partial charge on any atom is -0.465 e. The van der Waals surface area contributed by atoms with Gasteiger partial charge in [0.05, 0.1) is 24.2 Å². The van der Waals surface area contributed by atoms with Crippen LogP contribution in [0.2, 0.25) is 5.02 Å². The second-order valence-corrected chi connectivity index (χ2v) is 8.34. The number of nitrogens with zero attached hydrogens (tertiary/aromatic N) is 3. The molecule has 2 fully saturated rings. The van der Waals surface area contributed by atoms with Gasteiger partial charge in [0.1, 0.15) is 5.02 Å². The number of esters is 1. The second-order valence-electron chi connectivity index (χ2n) is 7.94. The summed E-state index contributed by atoms with van der Waals surface area (Å²) in [4.78, 5) is 26.4. The van der Waals surface area contributed by atoms with Crippen molar-refractivity contribution in [2.45, 2.75) is 38.7 Å². The largest absolute Gasteiger partial charge is 0.465 e. The van der Waals surface area contributed by atoms with Gasteiger partial charge in [0.15, 0.2) is 0 Å². The summed E-state index contributed by atoms with van der Waals surface area (Å²) in [6, 6.07) is 4.92. The number of benzene rings is 1. The maximum atomic E-state index is 11.6. The zero-order valence-corrected chi connectivity index (χ0v) is 18.2. The molecule has 2 heterocycles. The van der Waals surface area contributed by atoms with Crippen molar-refractivity contribution in [2.75, 3.05) is 50.8 Å². The molecule has 1 aromatic carbocycles. The molecule has 0 aromatic heterocycles. The molecule has 0 spiro atoms. The van der Waals surface area contributed by atoms with Crippen LogP contribution in [0.5, 0.6) is 0 Å². The number of ether oxygens (including phenoxy) is 2. The van der Waals surface area contributed by atoms with Crippen LogP contribution in [0.15, 0.2) is 18.2 Å². The lowest BCUT2D eigenvalue weighted by molar-refractivity contribution is -0.384. The number of piperidine rings is 2. The Labute approximate surface area is 182 Å². The van der Waals surface area contributed by atoms with Gasteiger partial charge in [0, 0.05) is 44.5 Å². The van der Waals surface area contributed by atoms with Crippen LogP contribution in [0, 0.1) is 16.0 Å². The van der Waals surface area contributed by atoms with E-state index in [1.54, 1.807) is 12.1 Å². The normalized spacial score (nSPS) is 19.1. The minimum absolute atomic E-state index is 0.0583. The lowest BCUT2D eigenvalue weighted by Gasteiger charge is -2.35. The Balaban J connectivity index is 1.36. The molecule has 0 saturated carbocycles. The van der Waals surface area contributed by atoms with E-state index in [9.17, 15) is 14.9 Å². The fraction of sp³-hybridized carbons (Fsp3) is 0.667. The molecule has 2 aliphatic rings. The van der Waals surface area contributed by atoms with Crippen molar-refractivity contribution in [3.8, 4) is 0 Å². The molecule has 0 unspecified atom stereocenters. The van der Waals surface area contributed by atoms with E-state index in [4.69, 9.17) is 21.1 Å². The van der Waals surface area contributed by atoms with Crippen molar-refractivity contribution < 1.29 is 19.2 Å². The zero-order valence-electron chi connectivity index (χ0n) is 17.4. The maximum absolute atomic E-state index is 11.6. The third kappa shape index (κ3) is 6.30. The van der Waals surface area contributed by atoms with E-state index in [2.05, 4.69) is 9.80 Å². The monoisotopic (exact) mass is 439 g/mol. The summed E-state index contributed by atoms with van der Waals surface area (Å²) < 4.78 is 11.2. The lowest BCUT2D eigenvalue weighted by atomic mass is 9.97. The third-order valence-electron chi connectivity index (χ3n) is 5.87. The summed E-state index contributed by atoms with van der Waals surface area (Å²) in [5.41, 5.74) is 0.871. The lowest BCUT2D eigenvalue weighted by Crippen LogP contribution is -2.41. The fourth-order valence-corrected chi connectivity index (χ4v) is 4.34. The summed E-state index contributed by atoms with van der Waals surface area (Å²) in [5, 5.41) is 11.1. The average molecular weight is 440 g/mol.